The Morgan fingerprint density at radius 1 is 1.70 bits per heavy atom. The number of nitrogens with two attached hydrogens (primary N) is 1. The second-order valence-electron chi connectivity index (χ2n) is 2.42. The second kappa shape index (κ2) is 3.78. The van der Waals surface area contributed by atoms with Crippen LogP contribution in [0.2, 0.25) is 0 Å². The predicted octanol–water partition coefficient (Wildman–Crippen LogP) is 0.461. The van der Waals surface area contributed by atoms with Gasteiger partial charge in [0.1, 0.15) is 12.1 Å². The van der Waals surface area contributed by atoms with E-state index in [9.17, 15) is 4.79 Å². The Labute approximate surface area is 66.3 Å². The van der Waals surface area contributed by atoms with Gasteiger partial charge in [-0.1, -0.05) is 0 Å². The molecule has 10 heavy (non-hydrogen) atoms. The molecule has 0 saturated heterocycles. The van der Waals surface area contributed by atoms with E-state index in [2.05, 4.69) is 0 Å². The van der Waals surface area contributed by atoms with Gasteiger partial charge in [-0.05, 0) is 19.8 Å². The summed E-state index contributed by atoms with van der Waals surface area (Å²) >= 11 is 0. The van der Waals surface area contributed by atoms with Crippen molar-refractivity contribution < 1.29 is 9.53 Å². The highest BCUT2D eigenvalue weighted by Crippen LogP contribution is 2.23. The molecule has 4 heteroatoms. The third-order valence-electron chi connectivity index (χ3n) is 1.18. The number of carbonyl (C=O) groups excluding carboxylic acids is 1. The molecule has 2 N–H and O–H groups in total. The molecule has 0 bridgehead atoms. The number of hydrogen-bond acceptors (Lipinski definition) is 3. The highest BCUT2D eigenvalue weighted by Gasteiger charge is 2.26. The van der Waals surface area contributed by atoms with Gasteiger partial charge in [-0.3, -0.25) is 4.79 Å². The lowest BCUT2D eigenvalue weighted by Crippen LogP contribution is -2.29. The maximum Gasteiger partial charge on any atom is 0.322 e. The van der Waals surface area contributed by atoms with Crippen LogP contribution in [-0.2, 0) is 9.53 Å². The summed E-state index contributed by atoms with van der Waals surface area (Å²) in [5.74, 6) is -0.280. The summed E-state index contributed by atoms with van der Waals surface area (Å²) in [6.07, 6.45) is 2.21. The van der Waals surface area contributed by atoms with Gasteiger partial charge >= 0.3 is 5.97 Å². The Morgan fingerprint density at radius 2 is 2.20 bits per heavy atom. The minimum atomic E-state index is -0.467. The molecule has 0 aromatic heterocycles. The van der Waals surface area contributed by atoms with Crippen molar-refractivity contribution >= 4 is 18.4 Å². The lowest BCUT2D eigenvalue weighted by Gasteiger charge is -2.03. The second-order valence-corrected chi connectivity index (χ2v) is 2.42. The van der Waals surface area contributed by atoms with Crippen LogP contribution in [0.15, 0.2) is 0 Å². The van der Waals surface area contributed by atoms with Crippen LogP contribution in [0.5, 0.6) is 0 Å². The summed E-state index contributed by atoms with van der Waals surface area (Å²) in [5.41, 5.74) is 5.24. The zero-order valence-corrected chi connectivity index (χ0v) is 6.69. The van der Waals surface area contributed by atoms with Crippen LogP contribution in [0.25, 0.3) is 0 Å². The molecule has 0 unspecified atom stereocenters. The number of ether oxygens (including phenoxy) is 1. The summed E-state index contributed by atoms with van der Waals surface area (Å²) in [5, 5.41) is 0. The van der Waals surface area contributed by atoms with Crippen molar-refractivity contribution in [3.63, 3.8) is 0 Å². The van der Waals surface area contributed by atoms with Crippen LogP contribution < -0.4 is 5.73 Å². The fourth-order valence-corrected chi connectivity index (χ4v) is 0.457. The standard InChI is InChI=1S/C6H11NO2.ClH/c1-4(7)6(8)9-5-2-3-5;/h4-5H,2-3,7H2,1H3;1H/t4-;/m0./s1. The topological polar surface area (TPSA) is 52.3 Å². The average molecular weight is 166 g/mol. The van der Waals surface area contributed by atoms with Gasteiger partial charge in [-0.25, -0.2) is 0 Å². The summed E-state index contributed by atoms with van der Waals surface area (Å²) in [6, 6.07) is -0.467. The van der Waals surface area contributed by atoms with Crippen molar-refractivity contribution in [2.45, 2.75) is 31.9 Å². The molecule has 1 atom stereocenters. The van der Waals surface area contributed by atoms with Crippen molar-refractivity contribution in [3.05, 3.63) is 0 Å². The highest BCUT2D eigenvalue weighted by molar-refractivity contribution is 5.85. The van der Waals surface area contributed by atoms with E-state index in [1.54, 1.807) is 6.92 Å². The molecule has 1 fully saturated rings. The van der Waals surface area contributed by atoms with Crippen LogP contribution in [0.4, 0.5) is 0 Å². The third-order valence-corrected chi connectivity index (χ3v) is 1.18. The van der Waals surface area contributed by atoms with Crippen molar-refractivity contribution in [2.75, 3.05) is 0 Å². The minimum Gasteiger partial charge on any atom is -0.461 e. The fraction of sp³-hybridized carbons (Fsp3) is 0.833. The molecule has 0 spiro atoms. The number of rotatable bonds is 2. The van der Waals surface area contributed by atoms with Crippen molar-refractivity contribution in [1.29, 1.82) is 0 Å². The Hall–Kier alpha value is -0.280. The molecule has 0 heterocycles. The molecule has 0 radical (unpaired) electrons. The van der Waals surface area contributed by atoms with E-state index in [0.717, 1.165) is 12.8 Å². The lowest BCUT2D eigenvalue weighted by atomic mass is 10.4. The average Bonchev–Trinajstić information content (AvgIpc) is 2.50. The van der Waals surface area contributed by atoms with E-state index in [-0.39, 0.29) is 24.5 Å². The van der Waals surface area contributed by atoms with Crippen molar-refractivity contribution in [2.24, 2.45) is 5.73 Å². The molecule has 0 aromatic rings. The maximum atomic E-state index is 10.6. The van der Waals surface area contributed by atoms with Crippen LogP contribution >= 0.6 is 12.4 Å². The number of halogens is 1. The molecule has 1 rings (SSSR count). The minimum absolute atomic E-state index is 0. The van der Waals surface area contributed by atoms with Gasteiger partial charge in [0.05, 0.1) is 0 Å². The zero-order valence-electron chi connectivity index (χ0n) is 5.87. The van der Waals surface area contributed by atoms with Crippen LogP contribution in [-0.4, -0.2) is 18.1 Å². The number of hydrogen-bond donors (Lipinski definition) is 1. The maximum absolute atomic E-state index is 10.6. The Morgan fingerprint density at radius 3 is 2.50 bits per heavy atom. The number of carbonyl (C=O) groups is 1. The summed E-state index contributed by atoms with van der Waals surface area (Å²) in [6.45, 7) is 1.63. The normalized spacial score (nSPS) is 19.0. The lowest BCUT2D eigenvalue weighted by molar-refractivity contribution is -0.145. The first kappa shape index (κ1) is 9.72. The summed E-state index contributed by atoms with van der Waals surface area (Å²) < 4.78 is 4.86. The van der Waals surface area contributed by atoms with E-state index in [4.69, 9.17) is 10.5 Å². The highest BCUT2D eigenvalue weighted by atomic mass is 35.5. The quantitative estimate of drug-likeness (QED) is 0.605. The molecular formula is C6H12ClNO2. The van der Waals surface area contributed by atoms with Gasteiger partial charge in [0, 0.05) is 0 Å². The third kappa shape index (κ3) is 3.03. The summed E-state index contributed by atoms with van der Waals surface area (Å²) in [4.78, 5) is 10.6. The molecule has 1 aliphatic carbocycles. The van der Waals surface area contributed by atoms with Crippen LogP contribution in [0.3, 0.4) is 0 Å². The van der Waals surface area contributed by atoms with Crippen LogP contribution in [0.1, 0.15) is 19.8 Å². The first-order valence-electron chi connectivity index (χ1n) is 3.16. The number of esters is 1. The van der Waals surface area contributed by atoms with Crippen LogP contribution in [0, 0.1) is 0 Å². The Balaban J connectivity index is 0.000000810. The van der Waals surface area contributed by atoms with Gasteiger partial charge in [-0.15, -0.1) is 12.4 Å². The van der Waals surface area contributed by atoms with Gasteiger partial charge < -0.3 is 10.5 Å². The van der Waals surface area contributed by atoms with Gasteiger partial charge in [0.2, 0.25) is 0 Å². The van der Waals surface area contributed by atoms with Crippen molar-refractivity contribution in [1.82, 2.24) is 0 Å². The van der Waals surface area contributed by atoms with E-state index in [0.29, 0.717) is 0 Å². The summed E-state index contributed by atoms with van der Waals surface area (Å²) in [7, 11) is 0. The SMILES string of the molecule is C[C@H](N)C(=O)OC1CC1.Cl. The van der Waals surface area contributed by atoms with Crippen molar-refractivity contribution in [3.8, 4) is 0 Å². The van der Waals surface area contributed by atoms with Gasteiger partial charge in [-0.2, -0.15) is 0 Å². The monoisotopic (exact) mass is 165 g/mol. The molecule has 0 amide bonds. The van der Waals surface area contributed by atoms with E-state index >= 15 is 0 Å². The molecule has 0 aliphatic heterocycles. The van der Waals surface area contributed by atoms with E-state index in [1.807, 2.05) is 0 Å². The largest absolute Gasteiger partial charge is 0.461 e. The fourth-order valence-electron chi connectivity index (χ4n) is 0.457. The van der Waals surface area contributed by atoms with E-state index < -0.39 is 6.04 Å². The van der Waals surface area contributed by atoms with Gasteiger partial charge in [0.15, 0.2) is 0 Å². The molecule has 1 saturated carbocycles. The zero-order chi connectivity index (χ0) is 6.85. The molecule has 0 aromatic carbocycles. The van der Waals surface area contributed by atoms with Gasteiger partial charge in [0.25, 0.3) is 0 Å². The predicted molar refractivity (Wildman–Crippen MR) is 40.0 cm³/mol. The first-order chi connectivity index (χ1) is 4.20. The molecule has 60 valence electrons. The Kier molecular flexibility index (Phi) is 3.68. The van der Waals surface area contributed by atoms with E-state index in [1.165, 1.54) is 0 Å². The molecule has 1 aliphatic rings. The smallest absolute Gasteiger partial charge is 0.322 e. The molecule has 3 nitrogen and oxygen atoms in total. The molecular weight excluding hydrogens is 154 g/mol. The first-order valence-corrected chi connectivity index (χ1v) is 3.16. The Bertz CT molecular complexity index is 123.